The lowest BCUT2D eigenvalue weighted by atomic mass is 10.1. The van der Waals surface area contributed by atoms with Gasteiger partial charge in [0, 0.05) is 55.7 Å². The molecule has 4 rings (SSSR count). The molecule has 0 radical (unpaired) electrons. The number of aromatic nitrogens is 3. The van der Waals surface area contributed by atoms with Crippen molar-refractivity contribution in [2.24, 2.45) is 7.05 Å². The molecule has 0 N–H and O–H groups in total. The van der Waals surface area contributed by atoms with Crippen molar-refractivity contribution < 1.29 is 23.7 Å². The first-order valence-electron chi connectivity index (χ1n) is 12.9. The third-order valence-electron chi connectivity index (χ3n) is 7.02. The summed E-state index contributed by atoms with van der Waals surface area (Å²) in [6.45, 7) is 8.19. The second kappa shape index (κ2) is 12.3. The van der Waals surface area contributed by atoms with Crippen molar-refractivity contribution in [1.29, 1.82) is 0 Å². The minimum Gasteiger partial charge on any atom is -0.497 e. The molecular formula is C30H38N4O5. The second-order valence-corrected chi connectivity index (χ2v) is 9.28. The fourth-order valence-electron chi connectivity index (χ4n) is 4.72. The van der Waals surface area contributed by atoms with Crippen LogP contribution in [0, 0.1) is 13.8 Å². The number of pyridine rings is 1. The summed E-state index contributed by atoms with van der Waals surface area (Å²) in [5, 5.41) is 0. The maximum atomic E-state index is 5.74. The Labute approximate surface area is 230 Å². The number of methoxy groups -OCH3 is 4. The molecule has 0 aliphatic carbocycles. The summed E-state index contributed by atoms with van der Waals surface area (Å²) in [6, 6.07) is 11.7. The molecule has 2 aromatic heterocycles. The number of rotatable bonds is 12. The van der Waals surface area contributed by atoms with Crippen molar-refractivity contribution in [3.63, 3.8) is 0 Å². The summed E-state index contributed by atoms with van der Waals surface area (Å²) in [5.74, 6) is 4.57. The van der Waals surface area contributed by atoms with E-state index in [0.29, 0.717) is 26.3 Å². The molecule has 0 saturated carbocycles. The van der Waals surface area contributed by atoms with Gasteiger partial charge in [0.1, 0.15) is 40.9 Å². The molecule has 0 spiro atoms. The van der Waals surface area contributed by atoms with E-state index in [1.165, 1.54) is 0 Å². The standard InChI is InChI=1S/C30H38N4O5/c1-9-39-18-27-32-28-29(33(27)4)19(2)20(3)31-30(28)34(16-21-10-12-23(35-5)14-25(21)37-7)17-22-11-13-24(36-6)15-26(22)38-8/h10-15H,9,16-18H2,1-8H3. The Morgan fingerprint density at radius 2 is 1.36 bits per heavy atom. The van der Waals surface area contributed by atoms with Gasteiger partial charge in [-0.15, -0.1) is 0 Å². The minimum absolute atomic E-state index is 0.429. The van der Waals surface area contributed by atoms with Crippen molar-refractivity contribution in [2.45, 2.75) is 40.5 Å². The normalized spacial score (nSPS) is 11.1. The number of fused-ring (bicyclic) bond motifs is 1. The Morgan fingerprint density at radius 1 is 0.795 bits per heavy atom. The highest BCUT2D eigenvalue weighted by atomic mass is 16.5. The molecule has 208 valence electrons. The van der Waals surface area contributed by atoms with E-state index < -0.39 is 0 Å². The van der Waals surface area contributed by atoms with E-state index in [1.54, 1.807) is 28.4 Å². The quantitative estimate of drug-likeness (QED) is 0.240. The van der Waals surface area contributed by atoms with Crippen LogP contribution in [0.5, 0.6) is 23.0 Å². The zero-order chi connectivity index (χ0) is 28.1. The number of nitrogens with zero attached hydrogens (tertiary/aromatic N) is 4. The third-order valence-corrected chi connectivity index (χ3v) is 7.02. The van der Waals surface area contributed by atoms with E-state index in [4.69, 9.17) is 33.7 Å². The molecular weight excluding hydrogens is 496 g/mol. The van der Waals surface area contributed by atoms with Crippen LogP contribution in [0.3, 0.4) is 0 Å². The van der Waals surface area contributed by atoms with Crippen molar-refractivity contribution in [3.05, 3.63) is 64.6 Å². The predicted molar refractivity (Wildman–Crippen MR) is 152 cm³/mol. The third kappa shape index (κ3) is 5.73. The summed E-state index contributed by atoms with van der Waals surface area (Å²) < 4.78 is 30.2. The van der Waals surface area contributed by atoms with Crippen LogP contribution in [0.2, 0.25) is 0 Å². The first kappa shape index (κ1) is 28.0. The van der Waals surface area contributed by atoms with E-state index in [9.17, 15) is 0 Å². The smallest absolute Gasteiger partial charge is 0.157 e. The monoisotopic (exact) mass is 534 g/mol. The van der Waals surface area contributed by atoms with E-state index in [-0.39, 0.29) is 0 Å². The van der Waals surface area contributed by atoms with Gasteiger partial charge >= 0.3 is 0 Å². The van der Waals surface area contributed by atoms with Gasteiger partial charge in [-0.2, -0.15) is 0 Å². The number of anilines is 1. The average molecular weight is 535 g/mol. The zero-order valence-electron chi connectivity index (χ0n) is 24.1. The molecule has 0 atom stereocenters. The van der Waals surface area contributed by atoms with Gasteiger partial charge in [0.15, 0.2) is 5.82 Å². The van der Waals surface area contributed by atoms with Crippen molar-refractivity contribution >= 4 is 16.9 Å². The molecule has 0 aliphatic rings. The fraction of sp³-hybridized carbons (Fsp3) is 0.400. The summed E-state index contributed by atoms with van der Waals surface area (Å²) in [7, 11) is 8.66. The summed E-state index contributed by atoms with van der Waals surface area (Å²) >= 11 is 0. The Bertz CT molecular complexity index is 1390. The molecule has 0 amide bonds. The molecule has 0 saturated heterocycles. The lowest BCUT2D eigenvalue weighted by Crippen LogP contribution is -2.25. The first-order valence-corrected chi connectivity index (χ1v) is 12.9. The van der Waals surface area contributed by atoms with Crippen LogP contribution in [0.1, 0.15) is 35.1 Å². The van der Waals surface area contributed by atoms with Gasteiger partial charge in [0.2, 0.25) is 0 Å². The van der Waals surface area contributed by atoms with Crippen molar-refractivity contribution in [1.82, 2.24) is 14.5 Å². The lowest BCUT2D eigenvalue weighted by molar-refractivity contribution is 0.126. The van der Waals surface area contributed by atoms with E-state index in [1.807, 2.05) is 57.3 Å². The van der Waals surface area contributed by atoms with Gasteiger partial charge in [0.05, 0.1) is 34.0 Å². The van der Waals surface area contributed by atoms with Gasteiger partial charge in [-0.3, -0.25) is 0 Å². The highest BCUT2D eigenvalue weighted by Gasteiger charge is 2.23. The van der Waals surface area contributed by atoms with Crippen LogP contribution in [0.4, 0.5) is 5.82 Å². The summed E-state index contributed by atoms with van der Waals surface area (Å²) in [5.41, 5.74) is 5.89. The van der Waals surface area contributed by atoms with Gasteiger partial charge in [-0.05, 0) is 50.6 Å². The molecule has 0 aliphatic heterocycles. The van der Waals surface area contributed by atoms with Crippen LogP contribution in [0.25, 0.3) is 11.0 Å². The van der Waals surface area contributed by atoms with E-state index in [2.05, 4.69) is 16.4 Å². The molecule has 0 unspecified atom stereocenters. The highest BCUT2D eigenvalue weighted by molar-refractivity contribution is 5.90. The molecule has 9 heteroatoms. The topological polar surface area (TPSA) is 80.1 Å². The van der Waals surface area contributed by atoms with Crippen LogP contribution in [-0.2, 0) is 31.5 Å². The molecule has 2 aromatic carbocycles. The van der Waals surface area contributed by atoms with Gasteiger partial charge in [0.25, 0.3) is 0 Å². The Hall–Kier alpha value is -3.98. The number of ether oxygens (including phenoxy) is 5. The van der Waals surface area contributed by atoms with E-state index >= 15 is 0 Å². The maximum Gasteiger partial charge on any atom is 0.157 e. The number of hydrogen-bond donors (Lipinski definition) is 0. The largest absolute Gasteiger partial charge is 0.497 e. The van der Waals surface area contributed by atoms with Crippen LogP contribution in [-0.4, -0.2) is 49.6 Å². The zero-order valence-corrected chi connectivity index (χ0v) is 24.1. The van der Waals surface area contributed by atoms with Gasteiger partial charge in [-0.1, -0.05) is 0 Å². The second-order valence-electron chi connectivity index (χ2n) is 9.28. The number of benzene rings is 2. The van der Waals surface area contributed by atoms with E-state index in [0.717, 1.165) is 68.1 Å². The van der Waals surface area contributed by atoms with Crippen LogP contribution in [0.15, 0.2) is 36.4 Å². The van der Waals surface area contributed by atoms with Gasteiger partial charge in [-0.25, -0.2) is 9.97 Å². The minimum atomic E-state index is 0.429. The first-order chi connectivity index (χ1) is 18.8. The molecule has 9 nitrogen and oxygen atoms in total. The average Bonchev–Trinajstić information content (AvgIpc) is 3.29. The number of hydrogen-bond acceptors (Lipinski definition) is 8. The predicted octanol–water partition coefficient (Wildman–Crippen LogP) is 5.36. The van der Waals surface area contributed by atoms with Crippen LogP contribution < -0.4 is 23.8 Å². The molecule has 2 heterocycles. The fourth-order valence-corrected chi connectivity index (χ4v) is 4.72. The molecule has 39 heavy (non-hydrogen) atoms. The van der Waals surface area contributed by atoms with Gasteiger partial charge < -0.3 is 33.2 Å². The van der Waals surface area contributed by atoms with Crippen molar-refractivity contribution in [3.8, 4) is 23.0 Å². The molecule has 0 fully saturated rings. The molecule has 0 bridgehead atoms. The Morgan fingerprint density at radius 3 is 1.85 bits per heavy atom. The Kier molecular flexibility index (Phi) is 8.81. The van der Waals surface area contributed by atoms with Crippen LogP contribution >= 0.6 is 0 Å². The lowest BCUT2D eigenvalue weighted by Gasteiger charge is -2.27. The molecule has 4 aromatic rings. The maximum absolute atomic E-state index is 5.74. The highest BCUT2D eigenvalue weighted by Crippen LogP contribution is 2.35. The summed E-state index contributed by atoms with van der Waals surface area (Å²) in [4.78, 5) is 12.3. The van der Waals surface area contributed by atoms with Crippen molar-refractivity contribution in [2.75, 3.05) is 39.9 Å². The summed E-state index contributed by atoms with van der Waals surface area (Å²) in [6.07, 6.45) is 0. The number of imidazole rings is 1. The SMILES string of the molecule is CCOCc1nc2c(N(Cc3ccc(OC)cc3OC)Cc3ccc(OC)cc3OC)nc(C)c(C)c2n1C. The number of aryl methyl sites for hydroxylation is 3. The Balaban J connectivity index is 1.89.